The van der Waals surface area contributed by atoms with E-state index in [9.17, 15) is 5.11 Å². The molecule has 2 saturated heterocycles. The third-order valence-electron chi connectivity index (χ3n) is 7.17. The second-order valence-corrected chi connectivity index (χ2v) is 9.81. The molecule has 184 valence electrons. The Morgan fingerprint density at radius 1 is 1.14 bits per heavy atom. The van der Waals surface area contributed by atoms with Gasteiger partial charge in [-0.2, -0.15) is 15.1 Å². The van der Waals surface area contributed by atoms with Crippen LogP contribution < -0.4 is 15.0 Å². The fourth-order valence-electron chi connectivity index (χ4n) is 5.57. The van der Waals surface area contributed by atoms with Crippen molar-refractivity contribution in [1.29, 1.82) is 0 Å². The van der Waals surface area contributed by atoms with Gasteiger partial charge in [0.2, 0.25) is 0 Å². The number of aryl methyl sites for hydroxylation is 2. The summed E-state index contributed by atoms with van der Waals surface area (Å²) in [4.78, 5) is 16.3. The van der Waals surface area contributed by atoms with Gasteiger partial charge in [-0.1, -0.05) is 0 Å². The number of hydrogen-bond donors (Lipinski definition) is 2. The maximum absolute atomic E-state index is 10.4. The molecule has 0 spiro atoms. The highest BCUT2D eigenvalue weighted by molar-refractivity contribution is 5.93. The highest BCUT2D eigenvalue weighted by Crippen LogP contribution is 2.34. The number of fused-ring (bicyclic) bond motifs is 4. The number of imidazole rings is 1. The lowest BCUT2D eigenvalue weighted by Crippen LogP contribution is -2.51. The van der Waals surface area contributed by atoms with Crippen LogP contribution in [-0.4, -0.2) is 64.1 Å². The van der Waals surface area contributed by atoms with Gasteiger partial charge in [0.25, 0.3) is 0 Å². The van der Waals surface area contributed by atoms with E-state index in [1.165, 1.54) is 12.8 Å². The molecule has 36 heavy (non-hydrogen) atoms. The number of aromatic hydroxyl groups is 1. The van der Waals surface area contributed by atoms with Crippen LogP contribution in [0.4, 0.5) is 5.82 Å². The number of piperazine rings is 1. The van der Waals surface area contributed by atoms with Gasteiger partial charge in [0, 0.05) is 63.1 Å². The van der Waals surface area contributed by atoms with E-state index in [4.69, 9.17) is 19.8 Å². The predicted molar refractivity (Wildman–Crippen MR) is 135 cm³/mol. The molecule has 11 heteroatoms. The molecule has 0 amide bonds. The van der Waals surface area contributed by atoms with Crippen molar-refractivity contribution >= 4 is 27.8 Å². The van der Waals surface area contributed by atoms with Crippen LogP contribution in [0, 0.1) is 0 Å². The van der Waals surface area contributed by atoms with Gasteiger partial charge in [-0.25, -0.2) is 9.67 Å². The van der Waals surface area contributed by atoms with Gasteiger partial charge >= 0.3 is 6.01 Å². The molecule has 2 unspecified atom stereocenters. The second kappa shape index (κ2) is 7.95. The normalized spacial score (nSPS) is 19.6. The number of nitrogens with zero attached hydrogens (tertiary/aromatic N) is 8. The first kappa shape index (κ1) is 21.2. The Hall–Kier alpha value is -4.12. The molecule has 5 aromatic rings. The molecule has 0 aliphatic carbocycles. The molecule has 2 bridgehead atoms. The predicted octanol–water partition coefficient (Wildman–Crippen LogP) is 2.27. The lowest BCUT2D eigenvalue weighted by atomic mass is 10.2. The Bertz CT molecular complexity index is 1590. The molecule has 7 rings (SSSR count). The molecule has 0 saturated carbocycles. The molecule has 2 N–H and O–H groups in total. The maximum atomic E-state index is 10.4. The smallest absolute Gasteiger partial charge is 0.320 e. The fraction of sp³-hybridized carbons (Fsp3) is 0.360. The van der Waals surface area contributed by atoms with E-state index >= 15 is 0 Å². The summed E-state index contributed by atoms with van der Waals surface area (Å²) in [5.74, 6) is 0.996. The van der Waals surface area contributed by atoms with Crippen molar-refractivity contribution in [1.82, 2.24) is 39.2 Å². The van der Waals surface area contributed by atoms with Gasteiger partial charge in [0.1, 0.15) is 18.2 Å². The number of rotatable bonds is 5. The van der Waals surface area contributed by atoms with E-state index in [2.05, 4.69) is 15.2 Å². The van der Waals surface area contributed by atoms with Crippen LogP contribution in [0.5, 0.6) is 11.8 Å². The van der Waals surface area contributed by atoms with Gasteiger partial charge < -0.3 is 29.2 Å². The van der Waals surface area contributed by atoms with E-state index in [0.717, 1.165) is 46.6 Å². The quantitative estimate of drug-likeness (QED) is 0.390. The first-order valence-electron chi connectivity index (χ1n) is 12.2. The van der Waals surface area contributed by atoms with Crippen LogP contribution in [0.15, 0.2) is 43.1 Å². The van der Waals surface area contributed by atoms with Gasteiger partial charge in [-0.15, -0.1) is 0 Å². The number of phenols is 1. The lowest BCUT2D eigenvalue weighted by molar-refractivity contribution is 0.277. The topological polar surface area (TPSA) is 111 Å². The number of nitrogens with one attached hydrogen (secondary N) is 1. The van der Waals surface area contributed by atoms with Crippen LogP contribution in [0.25, 0.3) is 27.6 Å². The van der Waals surface area contributed by atoms with E-state index in [1.54, 1.807) is 23.1 Å². The highest BCUT2D eigenvalue weighted by Gasteiger charge is 2.34. The summed E-state index contributed by atoms with van der Waals surface area (Å²) in [5, 5.41) is 20.6. The zero-order chi connectivity index (χ0) is 24.4. The first-order chi connectivity index (χ1) is 17.5. The molecule has 11 nitrogen and oxygen atoms in total. The molecule has 2 atom stereocenters. The molecule has 2 fully saturated rings. The van der Waals surface area contributed by atoms with E-state index < -0.39 is 0 Å². The minimum atomic E-state index is 0.173. The zero-order valence-electron chi connectivity index (χ0n) is 20.2. The van der Waals surface area contributed by atoms with Gasteiger partial charge in [-0.05, 0) is 25.0 Å². The molecular formula is C25H27N9O2. The van der Waals surface area contributed by atoms with Crippen LogP contribution >= 0.6 is 0 Å². The maximum Gasteiger partial charge on any atom is 0.320 e. The number of phenolic OH excluding ortho intramolecular Hbond substituents is 1. The number of ether oxygens (including phenoxy) is 1. The number of hydrogen-bond acceptors (Lipinski definition) is 8. The number of anilines is 1. The van der Waals surface area contributed by atoms with Gasteiger partial charge in [-0.3, -0.25) is 0 Å². The monoisotopic (exact) mass is 485 g/mol. The third-order valence-corrected chi connectivity index (χ3v) is 7.17. The Morgan fingerprint density at radius 3 is 2.75 bits per heavy atom. The van der Waals surface area contributed by atoms with Gasteiger partial charge in [0.15, 0.2) is 5.65 Å². The molecular weight excluding hydrogens is 458 g/mol. The van der Waals surface area contributed by atoms with E-state index in [-0.39, 0.29) is 18.4 Å². The summed E-state index contributed by atoms with van der Waals surface area (Å²) >= 11 is 0. The Morgan fingerprint density at radius 2 is 1.97 bits per heavy atom. The molecule has 6 heterocycles. The van der Waals surface area contributed by atoms with Gasteiger partial charge in [0.05, 0.1) is 34.8 Å². The average molecular weight is 486 g/mol. The van der Waals surface area contributed by atoms with Crippen molar-refractivity contribution in [3.63, 3.8) is 0 Å². The van der Waals surface area contributed by atoms with Crippen molar-refractivity contribution < 1.29 is 9.84 Å². The van der Waals surface area contributed by atoms with Crippen molar-refractivity contribution in [2.75, 3.05) is 18.0 Å². The van der Waals surface area contributed by atoms with Crippen molar-refractivity contribution in [2.45, 2.75) is 31.5 Å². The van der Waals surface area contributed by atoms with Crippen molar-refractivity contribution in [3.05, 3.63) is 48.8 Å². The third kappa shape index (κ3) is 3.46. The van der Waals surface area contributed by atoms with Crippen LogP contribution in [0.2, 0.25) is 0 Å². The SMILES string of the molecule is Cn1cnc(COc2nc(N3CC4CCC(C3)N4)c3cnn(-c4cc(O)cc5ccn(C)c45)c3n2)c1. The van der Waals surface area contributed by atoms with Crippen molar-refractivity contribution in [2.24, 2.45) is 14.1 Å². The summed E-state index contributed by atoms with van der Waals surface area (Å²) < 4.78 is 11.7. The molecule has 0 radical (unpaired) electrons. The summed E-state index contributed by atoms with van der Waals surface area (Å²) in [6.07, 6.45) is 9.79. The van der Waals surface area contributed by atoms with E-state index in [0.29, 0.717) is 17.7 Å². The summed E-state index contributed by atoms with van der Waals surface area (Å²) in [6, 6.07) is 6.63. The minimum Gasteiger partial charge on any atom is -0.508 e. The summed E-state index contributed by atoms with van der Waals surface area (Å²) in [6.45, 7) is 2.02. The van der Waals surface area contributed by atoms with Crippen molar-refractivity contribution in [3.8, 4) is 17.4 Å². The van der Waals surface area contributed by atoms with Crippen LogP contribution in [0.1, 0.15) is 18.5 Å². The van der Waals surface area contributed by atoms with E-state index in [1.807, 2.05) is 47.9 Å². The lowest BCUT2D eigenvalue weighted by Gasteiger charge is -2.34. The highest BCUT2D eigenvalue weighted by atomic mass is 16.5. The molecule has 2 aliphatic heterocycles. The second-order valence-electron chi connectivity index (χ2n) is 9.81. The summed E-state index contributed by atoms with van der Waals surface area (Å²) in [5.41, 5.74) is 3.13. The molecule has 4 aromatic heterocycles. The number of benzene rings is 1. The first-order valence-corrected chi connectivity index (χ1v) is 12.2. The summed E-state index contributed by atoms with van der Waals surface area (Å²) in [7, 11) is 3.90. The zero-order valence-corrected chi connectivity index (χ0v) is 20.2. The number of aromatic nitrogens is 7. The largest absolute Gasteiger partial charge is 0.508 e. The van der Waals surface area contributed by atoms with Crippen LogP contribution in [0.3, 0.4) is 0 Å². The Balaban J connectivity index is 1.38. The molecule has 2 aliphatic rings. The van der Waals surface area contributed by atoms with Crippen LogP contribution in [-0.2, 0) is 20.7 Å². The average Bonchev–Trinajstić information content (AvgIpc) is 3.64. The standard InChI is InChI=1S/C25H27N9O2/c1-31-10-18(26-14-31)13-36-25-29-23(33-11-16-3-4-17(12-33)28-16)20-9-27-34(24(20)30-25)21-8-19(35)7-15-5-6-32(2)22(15)21/h5-10,14,16-17,28,35H,3-4,11-13H2,1-2H3. The Kier molecular flexibility index (Phi) is 4.68. The fourth-order valence-corrected chi connectivity index (χ4v) is 5.57. The Labute approximate surface area is 207 Å². The minimum absolute atomic E-state index is 0.173. The molecule has 1 aromatic carbocycles.